The van der Waals surface area contributed by atoms with Crippen LogP contribution in [0.25, 0.3) is 11.6 Å². The lowest BCUT2D eigenvalue weighted by atomic mass is 9.98. The van der Waals surface area contributed by atoms with Crippen LogP contribution < -0.4 is 0 Å². The van der Waals surface area contributed by atoms with Gasteiger partial charge in [0.1, 0.15) is 0 Å². The van der Waals surface area contributed by atoms with Crippen LogP contribution in [0.1, 0.15) is 24.0 Å². The predicted molar refractivity (Wildman–Crippen MR) is 105 cm³/mol. The van der Waals surface area contributed by atoms with Crippen molar-refractivity contribution in [1.82, 2.24) is 4.90 Å². The zero-order valence-electron chi connectivity index (χ0n) is 13.4. The molecule has 0 amide bonds. The molecule has 122 valence electrons. The first-order valence-electron chi connectivity index (χ1n) is 7.55. The van der Waals surface area contributed by atoms with Crippen LogP contribution in [0.2, 0.25) is 5.02 Å². The maximum atomic E-state index is 6.19. The van der Waals surface area contributed by atoms with E-state index in [1.165, 1.54) is 26.5 Å². The summed E-state index contributed by atoms with van der Waals surface area (Å²) in [7, 11) is 4.25. The third kappa shape index (κ3) is 4.54. The summed E-state index contributed by atoms with van der Waals surface area (Å²) in [6, 6.07) is 14.9. The zero-order chi connectivity index (χ0) is 15.5. The molecule has 1 aliphatic rings. The van der Waals surface area contributed by atoms with Crippen LogP contribution in [0.4, 0.5) is 0 Å². The van der Waals surface area contributed by atoms with E-state index in [-0.39, 0.29) is 12.4 Å². The Morgan fingerprint density at radius 1 is 1.04 bits per heavy atom. The molecule has 1 heterocycles. The zero-order valence-corrected chi connectivity index (χ0v) is 15.8. The van der Waals surface area contributed by atoms with Crippen LogP contribution in [0.5, 0.6) is 0 Å². The van der Waals surface area contributed by atoms with Crippen LogP contribution in [0.3, 0.4) is 0 Å². The molecule has 0 unspecified atom stereocenters. The smallest absolute Gasteiger partial charge is 0.0412 e. The molecule has 2 aromatic rings. The summed E-state index contributed by atoms with van der Waals surface area (Å²) in [6.45, 7) is 1.11. The van der Waals surface area contributed by atoms with Crippen molar-refractivity contribution in [2.45, 2.75) is 22.6 Å². The molecule has 0 spiro atoms. The van der Waals surface area contributed by atoms with Gasteiger partial charge in [-0.1, -0.05) is 41.6 Å². The van der Waals surface area contributed by atoms with Gasteiger partial charge in [0.2, 0.25) is 0 Å². The van der Waals surface area contributed by atoms with Gasteiger partial charge in [-0.2, -0.15) is 0 Å². The van der Waals surface area contributed by atoms with Gasteiger partial charge in [-0.15, -0.1) is 12.4 Å². The molecule has 0 N–H and O–H groups in total. The summed E-state index contributed by atoms with van der Waals surface area (Å²) < 4.78 is 0. The number of benzene rings is 2. The van der Waals surface area contributed by atoms with Gasteiger partial charge in [0.15, 0.2) is 0 Å². The molecule has 1 nitrogen and oxygen atoms in total. The molecular weight excluding hydrogens is 345 g/mol. The number of hydrogen-bond acceptors (Lipinski definition) is 2. The molecule has 0 saturated heterocycles. The lowest BCUT2D eigenvalue weighted by Gasteiger charge is -2.12. The predicted octanol–water partition coefficient (Wildman–Crippen LogP) is 6.11. The van der Waals surface area contributed by atoms with Crippen molar-refractivity contribution in [2.75, 3.05) is 20.6 Å². The Morgan fingerprint density at radius 2 is 1.83 bits per heavy atom. The maximum Gasteiger partial charge on any atom is 0.0412 e. The van der Waals surface area contributed by atoms with E-state index in [1.807, 2.05) is 17.8 Å². The van der Waals surface area contributed by atoms with Gasteiger partial charge < -0.3 is 4.90 Å². The Hall–Kier alpha value is -0.930. The lowest BCUT2D eigenvalue weighted by Crippen LogP contribution is -2.12. The van der Waals surface area contributed by atoms with Gasteiger partial charge in [0, 0.05) is 14.8 Å². The average Bonchev–Trinajstić information content (AvgIpc) is 2.63. The molecule has 0 bridgehead atoms. The fraction of sp³-hybridized carbons (Fsp3) is 0.263. The standard InChI is InChI=1S/C19H20ClNS.ClH/c1-21(2)11-5-6-14-12-15-13-16(20)9-10-18(15)22-19-8-4-3-7-17(14)19;/h3-4,7-10,12-13H,5-6,11H2,1-2H3;1H. The van der Waals surface area contributed by atoms with Crippen molar-refractivity contribution < 1.29 is 0 Å². The second-order valence-electron chi connectivity index (χ2n) is 5.86. The van der Waals surface area contributed by atoms with E-state index in [4.69, 9.17) is 11.6 Å². The SMILES string of the molecule is CN(C)CCCC1=Cc2cc(Cl)ccc2Sc2ccccc21.Cl. The number of rotatable bonds is 4. The molecular formula is C19H21Cl2NS. The van der Waals surface area contributed by atoms with E-state index in [9.17, 15) is 0 Å². The highest BCUT2D eigenvalue weighted by Crippen LogP contribution is 2.42. The lowest BCUT2D eigenvalue weighted by molar-refractivity contribution is 0.403. The van der Waals surface area contributed by atoms with E-state index in [0.29, 0.717) is 0 Å². The van der Waals surface area contributed by atoms with Crippen molar-refractivity contribution in [3.05, 3.63) is 58.6 Å². The molecule has 0 aromatic heterocycles. The third-order valence-electron chi connectivity index (χ3n) is 3.81. The second kappa shape index (κ2) is 8.25. The summed E-state index contributed by atoms with van der Waals surface area (Å²) >= 11 is 8.02. The number of halogens is 2. The van der Waals surface area contributed by atoms with Gasteiger partial charge in [-0.3, -0.25) is 0 Å². The normalized spacial score (nSPS) is 12.8. The van der Waals surface area contributed by atoms with Gasteiger partial charge >= 0.3 is 0 Å². The van der Waals surface area contributed by atoms with Gasteiger partial charge in [0.05, 0.1) is 0 Å². The topological polar surface area (TPSA) is 3.24 Å². The Morgan fingerprint density at radius 3 is 2.61 bits per heavy atom. The fourth-order valence-electron chi connectivity index (χ4n) is 2.72. The van der Waals surface area contributed by atoms with Gasteiger partial charge in [-0.05, 0) is 80.5 Å². The molecule has 23 heavy (non-hydrogen) atoms. The Labute approximate surface area is 154 Å². The van der Waals surface area contributed by atoms with E-state index < -0.39 is 0 Å². The highest BCUT2D eigenvalue weighted by molar-refractivity contribution is 7.99. The van der Waals surface area contributed by atoms with E-state index in [1.54, 1.807) is 0 Å². The molecule has 0 aliphatic carbocycles. The van der Waals surface area contributed by atoms with E-state index in [2.05, 4.69) is 61.5 Å². The average molecular weight is 366 g/mol. The fourth-order valence-corrected chi connectivity index (χ4v) is 3.97. The third-order valence-corrected chi connectivity index (χ3v) is 5.21. The first-order chi connectivity index (χ1) is 10.6. The van der Waals surface area contributed by atoms with E-state index in [0.717, 1.165) is 24.4 Å². The van der Waals surface area contributed by atoms with Crippen LogP contribution in [0.15, 0.2) is 52.3 Å². The first kappa shape index (κ1) is 18.4. The Balaban J connectivity index is 0.00000192. The number of nitrogens with zero attached hydrogens (tertiary/aromatic N) is 1. The summed E-state index contributed by atoms with van der Waals surface area (Å²) in [5.74, 6) is 0. The largest absolute Gasteiger partial charge is 0.309 e. The highest BCUT2D eigenvalue weighted by Gasteiger charge is 2.15. The van der Waals surface area contributed by atoms with E-state index >= 15 is 0 Å². The minimum Gasteiger partial charge on any atom is -0.309 e. The monoisotopic (exact) mass is 365 g/mol. The maximum absolute atomic E-state index is 6.19. The molecule has 1 aliphatic heterocycles. The first-order valence-corrected chi connectivity index (χ1v) is 8.75. The molecule has 2 aromatic carbocycles. The number of fused-ring (bicyclic) bond motifs is 2. The summed E-state index contributed by atoms with van der Waals surface area (Å²) in [5, 5.41) is 0.800. The van der Waals surface area contributed by atoms with Crippen LogP contribution in [-0.4, -0.2) is 25.5 Å². The quantitative estimate of drug-likeness (QED) is 0.642. The van der Waals surface area contributed by atoms with Crippen molar-refractivity contribution in [3.8, 4) is 0 Å². The van der Waals surface area contributed by atoms with Crippen molar-refractivity contribution in [1.29, 1.82) is 0 Å². The molecule has 3 rings (SSSR count). The Kier molecular flexibility index (Phi) is 6.60. The molecule has 0 radical (unpaired) electrons. The van der Waals surface area contributed by atoms with Crippen LogP contribution >= 0.6 is 35.8 Å². The van der Waals surface area contributed by atoms with Crippen molar-refractivity contribution in [2.24, 2.45) is 0 Å². The minimum absolute atomic E-state index is 0. The highest BCUT2D eigenvalue weighted by atomic mass is 35.5. The van der Waals surface area contributed by atoms with Crippen LogP contribution in [0, 0.1) is 0 Å². The molecule has 0 saturated carbocycles. The number of allylic oxidation sites excluding steroid dienone is 1. The second-order valence-corrected chi connectivity index (χ2v) is 7.38. The molecule has 0 atom stereocenters. The van der Waals surface area contributed by atoms with Gasteiger partial charge in [-0.25, -0.2) is 0 Å². The van der Waals surface area contributed by atoms with Crippen molar-refractivity contribution in [3.63, 3.8) is 0 Å². The molecule has 4 heteroatoms. The van der Waals surface area contributed by atoms with Crippen LogP contribution in [-0.2, 0) is 0 Å². The minimum atomic E-state index is 0. The molecule has 0 fully saturated rings. The number of hydrogen-bond donors (Lipinski definition) is 0. The van der Waals surface area contributed by atoms with Crippen molar-refractivity contribution >= 4 is 47.4 Å². The summed E-state index contributed by atoms with van der Waals surface area (Å²) in [5.41, 5.74) is 4.00. The summed E-state index contributed by atoms with van der Waals surface area (Å²) in [4.78, 5) is 4.85. The Bertz CT molecular complexity index is 710. The van der Waals surface area contributed by atoms with Gasteiger partial charge in [0.25, 0.3) is 0 Å². The summed E-state index contributed by atoms with van der Waals surface area (Å²) in [6.07, 6.45) is 4.56.